The van der Waals surface area contributed by atoms with E-state index in [1.165, 1.54) is 0 Å². The normalized spacial score (nSPS) is 10.3. The predicted octanol–water partition coefficient (Wildman–Crippen LogP) is 1.77. The summed E-state index contributed by atoms with van der Waals surface area (Å²) in [5.41, 5.74) is 7.36. The van der Waals surface area contributed by atoms with Crippen LogP contribution in [-0.4, -0.2) is 5.11 Å². The smallest absolute Gasteiger partial charge is 0.163 e. The van der Waals surface area contributed by atoms with Gasteiger partial charge < -0.3 is 15.5 Å². The van der Waals surface area contributed by atoms with E-state index in [1.54, 1.807) is 6.26 Å². The molecule has 0 bridgehead atoms. The number of rotatable bonds is 2. The van der Waals surface area contributed by atoms with E-state index in [2.05, 4.69) is 5.32 Å². The molecule has 0 saturated carbocycles. The summed E-state index contributed by atoms with van der Waals surface area (Å²) in [6, 6.07) is 7.90. The Morgan fingerprint density at radius 2 is 2.29 bits per heavy atom. The molecule has 1 aromatic heterocycles. The molecule has 3 N–H and O–H groups in total. The van der Waals surface area contributed by atoms with E-state index in [1.807, 2.05) is 24.3 Å². The van der Waals surface area contributed by atoms with E-state index in [9.17, 15) is 0 Å². The number of thiocarbonyl (C=S) groups is 1. The molecule has 0 saturated heterocycles. The largest absolute Gasteiger partial charge is 0.464 e. The second kappa shape index (κ2) is 3.67. The Morgan fingerprint density at radius 1 is 1.43 bits per heavy atom. The lowest BCUT2D eigenvalue weighted by atomic mass is 10.1. The Balaban J connectivity index is 2.21. The average Bonchev–Trinajstić information content (AvgIpc) is 2.61. The third-order valence-electron chi connectivity index (χ3n) is 1.98. The molecule has 1 heterocycles. The quantitative estimate of drug-likeness (QED) is 0.735. The minimum absolute atomic E-state index is 0.317. The third-order valence-corrected chi connectivity index (χ3v) is 2.13. The van der Waals surface area contributed by atoms with Crippen molar-refractivity contribution in [1.82, 2.24) is 5.32 Å². The van der Waals surface area contributed by atoms with Gasteiger partial charge in [-0.3, -0.25) is 0 Å². The molecular weight excluding hydrogens is 196 g/mol. The molecule has 0 radical (unpaired) electrons. The van der Waals surface area contributed by atoms with Crippen LogP contribution in [0.2, 0.25) is 0 Å². The zero-order valence-corrected chi connectivity index (χ0v) is 8.30. The number of hydrogen-bond acceptors (Lipinski definition) is 2. The lowest BCUT2D eigenvalue weighted by Crippen LogP contribution is -2.28. The van der Waals surface area contributed by atoms with Crippen LogP contribution >= 0.6 is 12.2 Å². The molecule has 0 unspecified atom stereocenters. The summed E-state index contributed by atoms with van der Waals surface area (Å²) in [6.45, 7) is 0.649. The molecule has 0 fully saturated rings. The van der Waals surface area contributed by atoms with Gasteiger partial charge in [0.25, 0.3) is 0 Å². The number of benzene rings is 1. The highest BCUT2D eigenvalue weighted by atomic mass is 32.1. The van der Waals surface area contributed by atoms with Gasteiger partial charge in [-0.25, -0.2) is 0 Å². The van der Waals surface area contributed by atoms with Gasteiger partial charge in [-0.2, -0.15) is 0 Å². The SMILES string of the molecule is NC(=S)NCc1ccc2occc2c1. The minimum Gasteiger partial charge on any atom is -0.464 e. The number of fused-ring (bicyclic) bond motifs is 1. The molecular formula is C10H10N2OS. The first-order chi connectivity index (χ1) is 6.75. The molecule has 0 spiro atoms. The van der Waals surface area contributed by atoms with E-state index in [0.29, 0.717) is 11.7 Å². The predicted molar refractivity (Wildman–Crippen MR) is 59.8 cm³/mol. The zero-order chi connectivity index (χ0) is 9.97. The summed E-state index contributed by atoms with van der Waals surface area (Å²) in [5.74, 6) is 0. The molecule has 3 nitrogen and oxygen atoms in total. The topological polar surface area (TPSA) is 51.2 Å². The van der Waals surface area contributed by atoms with E-state index in [4.69, 9.17) is 22.4 Å². The van der Waals surface area contributed by atoms with Crippen LogP contribution < -0.4 is 11.1 Å². The number of furan rings is 1. The Labute approximate surface area is 86.9 Å². The second-order valence-corrected chi connectivity index (χ2v) is 3.45. The van der Waals surface area contributed by atoms with E-state index in [0.717, 1.165) is 16.5 Å². The van der Waals surface area contributed by atoms with Crippen LogP contribution in [0, 0.1) is 0 Å². The molecule has 1 aromatic carbocycles. The van der Waals surface area contributed by atoms with Crippen molar-refractivity contribution in [3.63, 3.8) is 0 Å². The Morgan fingerprint density at radius 3 is 3.07 bits per heavy atom. The van der Waals surface area contributed by atoms with Gasteiger partial charge in [-0.15, -0.1) is 0 Å². The molecule has 0 amide bonds. The highest BCUT2D eigenvalue weighted by Gasteiger charge is 1.98. The highest BCUT2D eigenvalue weighted by molar-refractivity contribution is 7.80. The zero-order valence-electron chi connectivity index (χ0n) is 7.49. The first-order valence-corrected chi connectivity index (χ1v) is 4.66. The van der Waals surface area contributed by atoms with E-state index >= 15 is 0 Å². The van der Waals surface area contributed by atoms with Gasteiger partial charge in [0.2, 0.25) is 0 Å². The fourth-order valence-corrected chi connectivity index (χ4v) is 1.39. The third kappa shape index (κ3) is 1.85. The van der Waals surface area contributed by atoms with Gasteiger partial charge in [0.15, 0.2) is 5.11 Å². The fraction of sp³-hybridized carbons (Fsp3) is 0.100. The van der Waals surface area contributed by atoms with Crippen LogP contribution in [0.3, 0.4) is 0 Å². The van der Waals surface area contributed by atoms with Crippen molar-refractivity contribution in [3.05, 3.63) is 36.1 Å². The van der Waals surface area contributed by atoms with E-state index < -0.39 is 0 Å². The molecule has 72 valence electrons. The van der Waals surface area contributed by atoms with Crippen LogP contribution in [0.15, 0.2) is 34.9 Å². The van der Waals surface area contributed by atoms with Crippen molar-refractivity contribution in [1.29, 1.82) is 0 Å². The van der Waals surface area contributed by atoms with Crippen molar-refractivity contribution in [3.8, 4) is 0 Å². The first kappa shape index (κ1) is 9.02. The van der Waals surface area contributed by atoms with Crippen molar-refractivity contribution in [2.24, 2.45) is 5.73 Å². The lowest BCUT2D eigenvalue weighted by molar-refractivity contribution is 0.615. The Bertz CT molecular complexity index is 464. The summed E-state index contributed by atoms with van der Waals surface area (Å²) in [6.07, 6.45) is 1.68. The standard InChI is InChI=1S/C10H10N2OS/c11-10(14)12-6-7-1-2-9-8(5-7)3-4-13-9/h1-5H,6H2,(H3,11,12,14). The first-order valence-electron chi connectivity index (χ1n) is 4.25. The highest BCUT2D eigenvalue weighted by Crippen LogP contribution is 2.16. The van der Waals surface area contributed by atoms with Crippen LogP contribution in [0.4, 0.5) is 0 Å². The molecule has 0 aliphatic carbocycles. The number of nitrogens with two attached hydrogens (primary N) is 1. The van der Waals surface area contributed by atoms with Crippen LogP contribution in [-0.2, 0) is 6.54 Å². The van der Waals surface area contributed by atoms with Gasteiger partial charge in [-0.1, -0.05) is 6.07 Å². The molecule has 0 aliphatic rings. The lowest BCUT2D eigenvalue weighted by Gasteiger charge is -2.03. The number of nitrogens with one attached hydrogen (secondary N) is 1. The van der Waals surface area contributed by atoms with Gasteiger partial charge >= 0.3 is 0 Å². The summed E-state index contributed by atoms with van der Waals surface area (Å²) >= 11 is 4.72. The van der Waals surface area contributed by atoms with Crippen LogP contribution in [0.5, 0.6) is 0 Å². The van der Waals surface area contributed by atoms with Crippen LogP contribution in [0.25, 0.3) is 11.0 Å². The van der Waals surface area contributed by atoms with Crippen molar-refractivity contribution < 1.29 is 4.42 Å². The van der Waals surface area contributed by atoms with Crippen LogP contribution in [0.1, 0.15) is 5.56 Å². The Hall–Kier alpha value is -1.55. The molecule has 14 heavy (non-hydrogen) atoms. The second-order valence-electron chi connectivity index (χ2n) is 3.01. The van der Waals surface area contributed by atoms with Gasteiger partial charge in [0, 0.05) is 11.9 Å². The monoisotopic (exact) mass is 206 g/mol. The van der Waals surface area contributed by atoms with Gasteiger partial charge in [0.05, 0.1) is 6.26 Å². The maximum Gasteiger partial charge on any atom is 0.163 e. The maximum absolute atomic E-state index is 5.33. The summed E-state index contributed by atoms with van der Waals surface area (Å²) in [5, 5.41) is 4.30. The number of hydrogen-bond donors (Lipinski definition) is 2. The maximum atomic E-state index is 5.33. The molecule has 2 aromatic rings. The minimum atomic E-state index is 0.317. The fourth-order valence-electron chi connectivity index (χ4n) is 1.32. The summed E-state index contributed by atoms with van der Waals surface area (Å²) in [4.78, 5) is 0. The van der Waals surface area contributed by atoms with Crippen molar-refractivity contribution in [2.45, 2.75) is 6.54 Å². The molecule has 4 heteroatoms. The van der Waals surface area contributed by atoms with Gasteiger partial charge in [-0.05, 0) is 36.0 Å². The Kier molecular flexibility index (Phi) is 2.37. The summed E-state index contributed by atoms with van der Waals surface area (Å²) in [7, 11) is 0. The van der Waals surface area contributed by atoms with Crippen molar-refractivity contribution in [2.75, 3.05) is 0 Å². The van der Waals surface area contributed by atoms with Gasteiger partial charge in [0.1, 0.15) is 5.58 Å². The molecule has 2 rings (SSSR count). The summed E-state index contributed by atoms with van der Waals surface area (Å²) < 4.78 is 5.23. The average molecular weight is 206 g/mol. The molecule has 0 aliphatic heterocycles. The van der Waals surface area contributed by atoms with E-state index in [-0.39, 0.29) is 0 Å². The van der Waals surface area contributed by atoms with Crippen molar-refractivity contribution >= 4 is 28.3 Å². The molecule has 0 atom stereocenters.